The third-order valence-corrected chi connectivity index (χ3v) is 7.41. The number of benzene rings is 3. The van der Waals surface area contributed by atoms with Gasteiger partial charge in [0.1, 0.15) is 11.4 Å². The van der Waals surface area contributed by atoms with E-state index < -0.39 is 11.4 Å². The zero-order chi connectivity index (χ0) is 19.6. The molecule has 1 aliphatic heterocycles. The van der Waals surface area contributed by atoms with Gasteiger partial charge in [0.2, 0.25) is 0 Å². The van der Waals surface area contributed by atoms with Crippen LogP contribution in [-0.2, 0) is 24.3 Å². The van der Waals surface area contributed by atoms with Gasteiger partial charge in [0.25, 0.3) is 0 Å². The fraction of sp³-hybridized carbons (Fsp3) is 0.280. The molecule has 0 spiro atoms. The van der Waals surface area contributed by atoms with Gasteiger partial charge >= 0.3 is 0 Å². The van der Waals surface area contributed by atoms with Gasteiger partial charge in [-0.2, -0.15) is 4.31 Å². The number of fused-ring (bicyclic) bond motifs is 1. The number of anilines is 1. The van der Waals surface area contributed by atoms with Gasteiger partial charge in [0.05, 0.1) is 12.2 Å². The maximum Gasteiger partial charge on any atom is 0.180 e. The second kappa shape index (κ2) is 8.23. The van der Waals surface area contributed by atoms with Gasteiger partial charge in [-0.05, 0) is 54.2 Å². The Labute approximate surface area is 176 Å². The van der Waals surface area contributed by atoms with E-state index in [4.69, 9.17) is 0 Å². The van der Waals surface area contributed by atoms with Gasteiger partial charge in [-0.15, -0.1) is 0 Å². The minimum absolute atomic E-state index is 0.561. The number of hydrogen-bond donors (Lipinski definition) is 1. The predicted molar refractivity (Wildman–Crippen MR) is 119 cm³/mol. The first kappa shape index (κ1) is 18.7. The summed E-state index contributed by atoms with van der Waals surface area (Å²) in [6.07, 6.45) is 3.32. The van der Waals surface area contributed by atoms with E-state index in [0.717, 1.165) is 36.5 Å². The van der Waals surface area contributed by atoms with Crippen molar-refractivity contribution in [3.05, 3.63) is 95.6 Å². The summed E-state index contributed by atoms with van der Waals surface area (Å²) in [5.41, 5.74) is 5.23. The maximum absolute atomic E-state index is 13.1. The van der Waals surface area contributed by atoms with Gasteiger partial charge in [-0.1, -0.05) is 60.7 Å². The van der Waals surface area contributed by atoms with Crippen LogP contribution < -0.4 is 9.62 Å². The minimum atomic E-state index is -1.14. The minimum Gasteiger partial charge on any atom is -0.588 e. The SMILES string of the molecule is [O-][S+](c1ccccc1)N1CCCc2cc(C3CC3NCc3ccccc3)ccc21. The summed E-state index contributed by atoms with van der Waals surface area (Å²) in [7, 11) is 0. The van der Waals surface area contributed by atoms with Crippen molar-refractivity contribution in [3.8, 4) is 0 Å². The van der Waals surface area contributed by atoms with Crippen LogP contribution in [0.15, 0.2) is 83.8 Å². The molecule has 0 bridgehead atoms. The molecule has 2 aliphatic rings. The van der Waals surface area contributed by atoms with Crippen molar-refractivity contribution in [3.63, 3.8) is 0 Å². The van der Waals surface area contributed by atoms with E-state index in [1.165, 1.54) is 23.1 Å². The summed E-state index contributed by atoms with van der Waals surface area (Å²) in [6.45, 7) is 1.77. The number of rotatable bonds is 6. The molecule has 3 aromatic carbocycles. The number of nitrogens with zero attached hydrogens (tertiary/aromatic N) is 1. The van der Waals surface area contributed by atoms with Crippen molar-refractivity contribution in [2.45, 2.75) is 42.7 Å². The zero-order valence-corrected chi connectivity index (χ0v) is 17.3. The highest BCUT2D eigenvalue weighted by atomic mass is 32.2. The molecule has 1 N–H and O–H groups in total. The average Bonchev–Trinajstić information content (AvgIpc) is 3.57. The van der Waals surface area contributed by atoms with E-state index in [9.17, 15) is 4.55 Å². The Bertz CT molecular complexity index is 963. The summed E-state index contributed by atoms with van der Waals surface area (Å²) in [5, 5.41) is 3.69. The Balaban J connectivity index is 1.28. The molecule has 3 aromatic rings. The largest absolute Gasteiger partial charge is 0.588 e. The fourth-order valence-electron chi connectivity index (χ4n) is 4.28. The quantitative estimate of drug-likeness (QED) is 0.602. The van der Waals surface area contributed by atoms with Crippen LogP contribution in [0, 0.1) is 0 Å². The lowest BCUT2D eigenvalue weighted by Gasteiger charge is -2.31. The number of nitrogens with one attached hydrogen (secondary N) is 1. The molecule has 1 heterocycles. The van der Waals surface area contributed by atoms with Crippen LogP contribution in [0.2, 0.25) is 0 Å². The third-order valence-electron chi connectivity index (χ3n) is 5.95. The first-order valence-electron chi connectivity index (χ1n) is 10.4. The Morgan fingerprint density at radius 3 is 2.52 bits per heavy atom. The lowest BCUT2D eigenvalue weighted by Crippen LogP contribution is -2.35. The zero-order valence-electron chi connectivity index (χ0n) is 16.5. The normalized spacial score (nSPS) is 21.5. The third kappa shape index (κ3) is 4.06. The van der Waals surface area contributed by atoms with E-state index in [2.05, 4.69) is 58.2 Å². The molecule has 29 heavy (non-hydrogen) atoms. The van der Waals surface area contributed by atoms with E-state index in [1.54, 1.807) is 0 Å². The molecule has 0 aromatic heterocycles. The number of hydrogen-bond acceptors (Lipinski definition) is 3. The Morgan fingerprint density at radius 2 is 1.72 bits per heavy atom. The molecule has 0 radical (unpaired) electrons. The van der Waals surface area contributed by atoms with Crippen molar-refractivity contribution >= 4 is 17.0 Å². The molecular formula is C25H26N2OS. The Kier molecular flexibility index (Phi) is 5.32. The molecule has 3 atom stereocenters. The van der Waals surface area contributed by atoms with Crippen LogP contribution >= 0.6 is 0 Å². The smallest absolute Gasteiger partial charge is 0.180 e. The molecule has 148 valence electrons. The molecule has 1 saturated carbocycles. The molecule has 3 nitrogen and oxygen atoms in total. The highest BCUT2D eigenvalue weighted by Gasteiger charge is 2.38. The summed E-state index contributed by atoms with van der Waals surface area (Å²) in [6, 6.07) is 27.7. The first-order valence-corrected chi connectivity index (χ1v) is 11.5. The second-order valence-corrected chi connectivity index (χ2v) is 9.38. The maximum atomic E-state index is 13.1. The summed E-state index contributed by atoms with van der Waals surface area (Å²) in [5.74, 6) is 0.596. The van der Waals surface area contributed by atoms with Crippen molar-refractivity contribution in [1.82, 2.24) is 5.32 Å². The topological polar surface area (TPSA) is 38.3 Å². The molecule has 4 heteroatoms. The van der Waals surface area contributed by atoms with E-state index in [0.29, 0.717) is 12.0 Å². The Hall–Kier alpha value is -2.27. The number of aryl methyl sites for hydroxylation is 1. The monoisotopic (exact) mass is 402 g/mol. The highest BCUT2D eigenvalue weighted by Crippen LogP contribution is 2.43. The van der Waals surface area contributed by atoms with Crippen molar-refractivity contribution in [2.75, 3.05) is 10.8 Å². The molecule has 0 saturated heterocycles. The van der Waals surface area contributed by atoms with Gasteiger partial charge < -0.3 is 9.87 Å². The molecule has 1 fully saturated rings. The van der Waals surface area contributed by atoms with Crippen LogP contribution in [0.25, 0.3) is 0 Å². The summed E-state index contributed by atoms with van der Waals surface area (Å²) in [4.78, 5) is 0.872. The first-order chi connectivity index (χ1) is 14.3. The van der Waals surface area contributed by atoms with Crippen LogP contribution in [0.5, 0.6) is 0 Å². The van der Waals surface area contributed by atoms with Gasteiger partial charge in [0.15, 0.2) is 4.90 Å². The van der Waals surface area contributed by atoms with E-state index in [-0.39, 0.29) is 0 Å². The van der Waals surface area contributed by atoms with Crippen molar-refractivity contribution in [1.29, 1.82) is 0 Å². The van der Waals surface area contributed by atoms with Gasteiger partial charge in [-0.3, -0.25) is 0 Å². The summed E-state index contributed by atoms with van der Waals surface area (Å²) >= 11 is -1.14. The molecule has 3 unspecified atom stereocenters. The van der Waals surface area contributed by atoms with Gasteiger partial charge in [-0.25, -0.2) is 0 Å². The molecular weight excluding hydrogens is 376 g/mol. The van der Waals surface area contributed by atoms with E-state index in [1.807, 2.05) is 30.3 Å². The standard InChI is InChI=1S/C25H26N2OS/c28-29(22-11-5-2-6-12-22)27-15-7-10-21-16-20(13-14-25(21)27)23-17-24(23)26-18-19-8-3-1-4-9-19/h1-6,8-9,11-14,16,23-24,26H,7,10,15,17-18H2. The van der Waals surface area contributed by atoms with Crippen molar-refractivity contribution < 1.29 is 4.55 Å². The van der Waals surface area contributed by atoms with Crippen LogP contribution in [-0.4, -0.2) is 17.1 Å². The molecule has 0 amide bonds. The van der Waals surface area contributed by atoms with Crippen LogP contribution in [0.3, 0.4) is 0 Å². The Morgan fingerprint density at radius 1 is 0.966 bits per heavy atom. The molecule has 5 rings (SSSR count). The highest BCUT2D eigenvalue weighted by molar-refractivity contribution is 7.92. The summed E-state index contributed by atoms with van der Waals surface area (Å²) < 4.78 is 15.2. The van der Waals surface area contributed by atoms with E-state index >= 15 is 0 Å². The fourth-order valence-corrected chi connectivity index (χ4v) is 5.58. The van der Waals surface area contributed by atoms with Crippen molar-refractivity contribution in [2.24, 2.45) is 0 Å². The van der Waals surface area contributed by atoms with Crippen LogP contribution in [0.4, 0.5) is 5.69 Å². The predicted octanol–water partition coefficient (Wildman–Crippen LogP) is 4.81. The lowest BCUT2D eigenvalue weighted by atomic mass is 9.99. The molecule has 1 aliphatic carbocycles. The van der Waals surface area contributed by atoms with Gasteiger partial charge in [0, 0.05) is 18.5 Å². The second-order valence-electron chi connectivity index (χ2n) is 7.97. The van der Waals surface area contributed by atoms with Crippen LogP contribution in [0.1, 0.15) is 35.4 Å². The lowest BCUT2D eigenvalue weighted by molar-refractivity contribution is 0.585. The average molecular weight is 403 g/mol.